The lowest BCUT2D eigenvalue weighted by Crippen LogP contribution is -2.40. The van der Waals surface area contributed by atoms with E-state index in [1.165, 1.54) is 22.3 Å². The van der Waals surface area contributed by atoms with E-state index in [2.05, 4.69) is 0 Å². The predicted molar refractivity (Wildman–Crippen MR) is 109 cm³/mol. The van der Waals surface area contributed by atoms with Crippen molar-refractivity contribution in [3.63, 3.8) is 0 Å². The summed E-state index contributed by atoms with van der Waals surface area (Å²) in [6, 6.07) is 9.05. The van der Waals surface area contributed by atoms with Crippen LogP contribution in [0.1, 0.15) is 21.9 Å². The molecule has 6 nitrogen and oxygen atoms in total. The second-order valence-corrected chi connectivity index (χ2v) is 10.4. The van der Waals surface area contributed by atoms with E-state index in [9.17, 15) is 18.0 Å². The number of fused-ring (bicyclic) bond motifs is 1. The van der Waals surface area contributed by atoms with E-state index in [4.69, 9.17) is 16.0 Å². The highest BCUT2D eigenvalue weighted by molar-refractivity contribution is 7.91. The highest BCUT2D eigenvalue weighted by Crippen LogP contribution is 2.25. The van der Waals surface area contributed by atoms with Crippen molar-refractivity contribution in [2.75, 3.05) is 11.5 Å². The molecule has 9 heteroatoms. The molecule has 1 fully saturated rings. The maximum absolute atomic E-state index is 13.2. The third kappa shape index (κ3) is 3.85. The number of amides is 1. The number of thiophene rings is 1. The first-order valence-corrected chi connectivity index (χ1v) is 11.7. The molecule has 0 saturated carbocycles. The Balaban J connectivity index is 1.73. The summed E-state index contributed by atoms with van der Waals surface area (Å²) < 4.78 is 29.6. The fraction of sp³-hybridized carbons (Fsp3) is 0.263. The zero-order valence-electron chi connectivity index (χ0n) is 14.6. The lowest BCUT2D eigenvalue weighted by Gasteiger charge is -2.27. The number of carbonyl (C=O) groups is 1. The molecule has 0 bridgehead atoms. The lowest BCUT2D eigenvalue weighted by atomic mass is 10.1. The average Bonchev–Trinajstić information content (AvgIpc) is 3.28. The van der Waals surface area contributed by atoms with Gasteiger partial charge in [-0.15, -0.1) is 11.3 Å². The third-order valence-corrected chi connectivity index (χ3v) is 7.56. The molecule has 3 heterocycles. The number of nitrogens with zero attached hydrogens (tertiary/aromatic N) is 1. The van der Waals surface area contributed by atoms with Gasteiger partial charge in [0.1, 0.15) is 5.58 Å². The first kappa shape index (κ1) is 19.2. The smallest absolute Gasteiger partial charge is 0.290 e. The molecular weight excluding hydrogens is 422 g/mol. The van der Waals surface area contributed by atoms with Crippen LogP contribution in [0.25, 0.3) is 11.0 Å². The van der Waals surface area contributed by atoms with Crippen molar-refractivity contribution in [1.82, 2.24) is 4.90 Å². The van der Waals surface area contributed by atoms with Crippen LogP contribution in [0.5, 0.6) is 0 Å². The molecule has 1 atom stereocenters. The average molecular weight is 438 g/mol. The van der Waals surface area contributed by atoms with E-state index in [-0.39, 0.29) is 40.2 Å². The summed E-state index contributed by atoms with van der Waals surface area (Å²) >= 11 is 7.40. The van der Waals surface area contributed by atoms with Crippen molar-refractivity contribution >= 4 is 49.7 Å². The van der Waals surface area contributed by atoms with Crippen molar-refractivity contribution in [3.05, 3.63) is 67.7 Å². The van der Waals surface area contributed by atoms with Crippen molar-refractivity contribution in [2.45, 2.75) is 19.0 Å². The summed E-state index contributed by atoms with van der Waals surface area (Å²) in [7, 11) is -3.18. The van der Waals surface area contributed by atoms with E-state index in [1.807, 2.05) is 17.5 Å². The van der Waals surface area contributed by atoms with Gasteiger partial charge in [-0.25, -0.2) is 8.42 Å². The van der Waals surface area contributed by atoms with Gasteiger partial charge in [0.25, 0.3) is 5.91 Å². The van der Waals surface area contributed by atoms with Crippen LogP contribution in [0.15, 0.2) is 51.0 Å². The molecule has 0 radical (unpaired) electrons. The fourth-order valence-electron chi connectivity index (χ4n) is 3.33. The summed E-state index contributed by atoms with van der Waals surface area (Å²) in [5.74, 6) is -0.644. The summed E-state index contributed by atoms with van der Waals surface area (Å²) in [6.45, 7) is 0.263. The van der Waals surface area contributed by atoms with E-state index in [0.717, 1.165) is 10.9 Å². The molecule has 0 aliphatic carbocycles. The van der Waals surface area contributed by atoms with Gasteiger partial charge in [0.05, 0.1) is 23.4 Å². The molecule has 1 aromatic carbocycles. The minimum Gasteiger partial charge on any atom is -0.451 e. The number of halogens is 1. The van der Waals surface area contributed by atoms with Crippen molar-refractivity contribution in [3.8, 4) is 0 Å². The summed E-state index contributed by atoms with van der Waals surface area (Å²) in [4.78, 5) is 28.1. The van der Waals surface area contributed by atoms with Gasteiger partial charge in [-0.2, -0.15) is 0 Å². The largest absolute Gasteiger partial charge is 0.451 e. The Morgan fingerprint density at radius 3 is 2.79 bits per heavy atom. The standard InChI is InChI=1S/C19H16ClNO5S2/c20-12-3-4-17-15(8-12)16(22)9-18(26-17)19(23)21(10-14-2-1-6-27-14)13-5-7-28(24,25)11-13/h1-4,6,8-9,13H,5,7,10-11H2/t13-/m1/s1. The van der Waals surface area contributed by atoms with E-state index in [1.54, 1.807) is 12.1 Å². The van der Waals surface area contributed by atoms with Gasteiger partial charge in [0.2, 0.25) is 0 Å². The molecule has 0 unspecified atom stereocenters. The van der Waals surface area contributed by atoms with Crippen LogP contribution in [0.4, 0.5) is 0 Å². The summed E-state index contributed by atoms with van der Waals surface area (Å²) in [5.41, 5.74) is -0.113. The fourth-order valence-corrected chi connectivity index (χ4v) is 5.94. The highest BCUT2D eigenvalue weighted by atomic mass is 35.5. The Morgan fingerprint density at radius 2 is 2.11 bits per heavy atom. The second kappa shape index (κ2) is 7.35. The van der Waals surface area contributed by atoms with Crippen LogP contribution in [0.2, 0.25) is 5.02 Å². The third-order valence-electron chi connectivity index (χ3n) is 4.72. The molecular formula is C19H16ClNO5S2. The molecule has 146 valence electrons. The van der Waals surface area contributed by atoms with Gasteiger partial charge in [-0.1, -0.05) is 17.7 Å². The molecule has 1 amide bonds. The van der Waals surface area contributed by atoms with Gasteiger partial charge < -0.3 is 9.32 Å². The Morgan fingerprint density at radius 1 is 1.29 bits per heavy atom. The zero-order chi connectivity index (χ0) is 19.9. The number of benzene rings is 1. The Kier molecular flexibility index (Phi) is 5.03. The molecule has 1 saturated heterocycles. The minimum absolute atomic E-state index is 0.0477. The SMILES string of the molecule is O=C(c1cc(=O)c2cc(Cl)ccc2o1)N(Cc1cccs1)[C@@H]1CCS(=O)(=O)C1. The maximum atomic E-state index is 13.2. The van der Waals surface area contributed by atoms with Crippen LogP contribution in [-0.2, 0) is 16.4 Å². The highest BCUT2D eigenvalue weighted by Gasteiger charge is 2.36. The summed E-state index contributed by atoms with van der Waals surface area (Å²) in [6.07, 6.45) is 0.368. The van der Waals surface area contributed by atoms with Crippen LogP contribution in [-0.4, -0.2) is 36.8 Å². The van der Waals surface area contributed by atoms with Gasteiger partial charge in [0.15, 0.2) is 21.0 Å². The number of rotatable bonds is 4. The first-order valence-electron chi connectivity index (χ1n) is 8.59. The van der Waals surface area contributed by atoms with E-state index >= 15 is 0 Å². The predicted octanol–water partition coefficient (Wildman–Crippen LogP) is 3.34. The molecule has 1 aliphatic rings. The number of sulfone groups is 1. The van der Waals surface area contributed by atoms with Crippen LogP contribution >= 0.6 is 22.9 Å². The Labute approximate surface area is 170 Å². The van der Waals surface area contributed by atoms with Crippen molar-refractivity contribution < 1.29 is 17.6 Å². The molecule has 0 N–H and O–H groups in total. The van der Waals surface area contributed by atoms with Gasteiger partial charge in [-0.05, 0) is 36.1 Å². The molecule has 3 aromatic rings. The maximum Gasteiger partial charge on any atom is 0.290 e. The van der Waals surface area contributed by atoms with Crippen LogP contribution < -0.4 is 5.43 Å². The molecule has 28 heavy (non-hydrogen) atoms. The Bertz CT molecular complexity index is 1200. The van der Waals surface area contributed by atoms with Crippen molar-refractivity contribution in [2.24, 2.45) is 0 Å². The lowest BCUT2D eigenvalue weighted by molar-refractivity contribution is 0.0651. The quantitative estimate of drug-likeness (QED) is 0.625. The van der Waals surface area contributed by atoms with Crippen LogP contribution in [0.3, 0.4) is 0 Å². The molecule has 1 aliphatic heterocycles. The molecule has 0 spiro atoms. The van der Waals surface area contributed by atoms with E-state index in [0.29, 0.717) is 11.4 Å². The monoisotopic (exact) mass is 437 g/mol. The van der Waals surface area contributed by atoms with Gasteiger partial charge in [-0.3, -0.25) is 9.59 Å². The number of hydrogen-bond acceptors (Lipinski definition) is 6. The minimum atomic E-state index is -3.18. The molecule has 2 aromatic heterocycles. The molecule has 4 rings (SSSR count). The first-order chi connectivity index (χ1) is 13.3. The number of carbonyl (C=O) groups excluding carboxylic acids is 1. The van der Waals surface area contributed by atoms with Gasteiger partial charge in [0, 0.05) is 22.0 Å². The van der Waals surface area contributed by atoms with Gasteiger partial charge >= 0.3 is 0 Å². The summed E-state index contributed by atoms with van der Waals surface area (Å²) in [5, 5.41) is 2.58. The number of hydrogen-bond donors (Lipinski definition) is 0. The topological polar surface area (TPSA) is 84.7 Å². The van der Waals surface area contributed by atoms with Crippen LogP contribution in [0, 0.1) is 0 Å². The van der Waals surface area contributed by atoms with Crippen molar-refractivity contribution in [1.29, 1.82) is 0 Å². The zero-order valence-corrected chi connectivity index (χ0v) is 17.0. The normalized spacial score (nSPS) is 18.4. The Hall–Kier alpha value is -2.16. The second-order valence-electron chi connectivity index (χ2n) is 6.68. The van der Waals surface area contributed by atoms with E-state index < -0.39 is 21.8 Å².